The molecule has 2 rings (SSSR count). The fraction of sp³-hybridized carbons (Fsp3) is 0.375. The number of nitrogens with zero attached hydrogens (tertiary/aromatic N) is 3. The van der Waals surface area contributed by atoms with Gasteiger partial charge in [-0.3, -0.25) is 0 Å². The molecule has 0 aliphatic carbocycles. The summed E-state index contributed by atoms with van der Waals surface area (Å²) in [7, 11) is 1.62. The lowest BCUT2D eigenvalue weighted by Crippen LogP contribution is -2.31. The van der Waals surface area contributed by atoms with Gasteiger partial charge >= 0.3 is 0 Å². The number of ether oxygens (including phenoxy) is 1. The van der Waals surface area contributed by atoms with Crippen LogP contribution in [0.2, 0.25) is 5.15 Å². The topological polar surface area (TPSA) is 38.2 Å². The minimum atomic E-state index is 0.298. The summed E-state index contributed by atoms with van der Waals surface area (Å²) in [5.41, 5.74) is 1.23. The Bertz CT molecular complexity index is 575. The predicted octanol–water partition coefficient (Wildman–Crippen LogP) is 3.69. The van der Waals surface area contributed by atoms with Crippen LogP contribution in [0.1, 0.15) is 25.2 Å². The Balaban J connectivity index is 2.29. The fourth-order valence-electron chi connectivity index (χ4n) is 2.10. The first kappa shape index (κ1) is 15.7. The van der Waals surface area contributed by atoms with Gasteiger partial charge in [-0.25, -0.2) is 9.97 Å². The van der Waals surface area contributed by atoms with Gasteiger partial charge in [0.05, 0.1) is 0 Å². The van der Waals surface area contributed by atoms with E-state index in [1.54, 1.807) is 13.2 Å². The molecule has 5 heteroatoms. The van der Waals surface area contributed by atoms with Gasteiger partial charge in [-0.15, -0.1) is 0 Å². The number of anilines is 1. The first-order valence-electron chi connectivity index (χ1n) is 6.93. The molecule has 112 valence electrons. The van der Waals surface area contributed by atoms with Gasteiger partial charge in [-0.05, 0) is 19.4 Å². The molecule has 1 heterocycles. The number of benzene rings is 1. The Kier molecular flexibility index (Phi) is 5.53. The van der Waals surface area contributed by atoms with E-state index >= 15 is 0 Å². The number of hydrogen-bond acceptors (Lipinski definition) is 4. The van der Waals surface area contributed by atoms with E-state index in [1.807, 2.05) is 18.2 Å². The molecule has 0 radical (unpaired) electrons. The van der Waals surface area contributed by atoms with Crippen LogP contribution in [0.5, 0.6) is 0 Å². The van der Waals surface area contributed by atoms with Gasteiger partial charge in [0.25, 0.3) is 0 Å². The van der Waals surface area contributed by atoms with Crippen LogP contribution in [0, 0.1) is 0 Å². The van der Waals surface area contributed by atoms with Crippen molar-refractivity contribution in [1.82, 2.24) is 9.97 Å². The van der Waals surface area contributed by atoms with Crippen LogP contribution in [-0.4, -0.2) is 23.1 Å². The Labute approximate surface area is 130 Å². The summed E-state index contributed by atoms with van der Waals surface area (Å²) in [6, 6.07) is 12.4. The first-order chi connectivity index (χ1) is 10.1. The van der Waals surface area contributed by atoms with E-state index in [-0.39, 0.29) is 0 Å². The van der Waals surface area contributed by atoms with E-state index in [4.69, 9.17) is 16.3 Å². The fourth-order valence-corrected chi connectivity index (χ4v) is 2.30. The average molecular weight is 306 g/mol. The molecule has 1 aromatic heterocycles. The molecule has 0 saturated carbocycles. The van der Waals surface area contributed by atoms with Crippen molar-refractivity contribution in [3.63, 3.8) is 0 Å². The van der Waals surface area contributed by atoms with E-state index in [0.29, 0.717) is 23.6 Å². The second kappa shape index (κ2) is 7.38. The highest BCUT2D eigenvalue weighted by atomic mass is 35.5. The van der Waals surface area contributed by atoms with Crippen molar-refractivity contribution in [2.75, 3.05) is 12.0 Å². The van der Waals surface area contributed by atoms with Crippen LogP contribution in [0.15, 0.2) is 36.4 Å². The zero-order valence-corrected chi connectivity index (χ0v) is 13.3. The van der Waals surface area contributed by atoms with Gasteiger partial charge in [-0.2, -0.15) is 0 Å². The Morgan fingerprint density at radius 3 is 2.52 bits per heavy atom. The molecule has 0 saturated heterocycles. The highest BCUT2D eigenvalue weighted by molar-refractivity contribution is 6.29. The molecule has 21 heavy (non-hydrogen) atoms. The van der Waals surface area contributed by atoms with Crippen LogP contribution in [0.4, 0.5) is 5.82 Å². The maximum atomic E-state index is 6.10. The van der Waals surface area contributed by atoms with Crippen LogP contribution in [-0.2, 0) is 17.9 Å². The van der Waals surface area contributed by atoms with Crippen molar-refractivity contribution in [1.29, 1.82) is 0 Å². The highest BCUT2D eigenvalue weighted by Gasteiger charge is 2.15. The maximum Gasteiger partial charge on any atom is 0.158 e. The Hall–Kier alpha value is -1.65. The van der Waals surface area contributed by atoms with E-state index in [2.05, 4.69) is 40.8 Å². The van der Waals surface area contributed by atoms with Crippen molar-refractivity contribution in [3.05, 3.63) is 52.9 Å². The average Bonchev–Trinajstić information content (AvgIpc) is 2.45. The van der Waals surface area contributed by atoms with E-state index < -0.39 is 0 Å². The molecule has 0 spiro atoms. The van der Waals surface area contributed by atoms with Crippen molar-refractivity contribution in [3.8, 4) is 0 Å². The summed E-state index contributed by atoms with van der Waals surface area (Å²) >= 11 is 6.10. The summed E-state index contributed by atoms with van der Waals surface area (Å²) in [5, 5.41) is 0.436. The lowest BCUT2D eigenvalue weighted by atomic mass is 10.2. The molecule has 0 aliphatic rings. The monoisotopic (exact) mass is 305 g/mol. The second-order valence-electron chi connectivity index (χ2n) is 5.11. The molecule has 0 amide bonds. The molecule has 0 aliphatic heterocycles. The minimum absolute atomic E-state index is 0.298. The van der Waals surface area contributed by atoms with Gasteiger partial charge in [0.2, 0.25) is 0 Å². The minimum Gasteiger partial charge on any atom is -0.377 e. The molecular weight excluding hydrogens is 286 g/mol. The normalized spacial score (nSPS) is 10.9. The quantitative estimate of drug-likeness (QED) is 0.763. The van der Waals surface area contributed by atoms with Crippen molar-refractivity contribution in [2.45, 2.75) is 33.0 Å². The lowest BCUT2D eigenvalue weighted by molar-refractivity contribution is 0.178. The van der Waals surface area contributed by atoms with Crippen LogP contribution >= 0.6 is 11.6 Å². The lowest BCUT2D eigenvalue weighted by Gasteiger charge is -2.28. The Morgan fingerprint density at radius 2 is 1.90 bits per heavy atom. The molecule has 4 nitrogen and oxygen atoms in total. The highest BCUT2D eigenvalue weighted by Crippen LogP contribution is 2.21. The van der Waals surface area contributed by atoms with Crippen LogP contribution < -0.4 is 4.90 Å². The standard InChI is InChI=1S/C16H20ClN3O/c1-12(2)20(10-13-7-5-4-6-8-13)16-9-14(17)18-15(19-16)11-21-3/h4-9,12H,10-11H2,1-3H3. The maximum absolute atomic E-state index is 6.10. The molecule has 1 aromatic carbocycles. The number of methoxy groups -OCH3 is 1. The van der Waals surface area contributed by atoms with E-state index in [1.165, 1.54) is 5.56 Å². The van der Waals surface area contributed by atoms with Crippen molar-refractivity contribution in [2.24, 2.45) is 0 Å². The largest absolute Gasteiger partial charge is 0.377 e. The predicted molar refractivity (Wildman–Crippen MR) is 85.5 cm³/mol. The van der Waals surface area contributed by atoms with E-state index in [0.717, 1.165) is 12.4 Å². The molecule has 0 N–H and O–H groups in total. The summed E-state index contributed by atoms with van der Waals surface area (Å²) in [4.78, 5) is 10.9. The molecule has 0 bridgehead atoms. The molecule has 0 unspecified atom stereocenters. The summed E-state index contributed by atoms with van der Waals surface area (Å²) in [6.07, 6.45) is 0. The van der Waals surface area contributed by atoms with Gasteiger partial charge in [0, 0.05) is 25.8 Å². The number of halogens is 1. The summed E-state index contributed by atoms with van der Waals surface area (Å²) in [6.45, 7) is 5.40. The first-order valence-corrected chi connectivity index (χ1v) is 7.31. The summed E-state index contributed by atoms with van der Waals surface area (Å²) in [5.74, 6) is 1.42. The SMILES string of the molecule is COCc1nc(Cl)cc(N(Cc2ccccc2)C(C)C)n1. The van der Waals surface area contributed by atoms with E-state index in [9.17, 15) is 0 Å². The molecular formula is C16H20ClN3O. The van der Waals surface area contributed by atoms with Crippen molar-refractivity contribution >= 4 is 17.4 Å². The molecule has 0 atom stereocenters. The smallest absolute Gasteiger partial charge is 0.158 e. The Morgan fingerprint density at radius 1 is 1.19 bits per heavy atom. The second-order valence-corrected chi connectivity index (χ2v) is 5.49. The number of rotatable bonds is 6. The van der Waals surface area contributed by atoms with Crippen LogP contribution in [0.25, 0.3) is 0 Å². The van der Waals surface area contributed by atoms with Gasteiger partial charge in [0.1, 0.15) is 17.6 Å². The van der Waals surface area contributed by atoms with Crippen LogP contribution in [0.3, 0.4) is 0 Å². The third kappa shape index (κ3) is 4.41. The zero-order chi connectivity index (χ0) is 15.2. The van der Waals surface area contributed by atoms with Gasteiger partial charge in [0.15, 0.2) is 5.82 Å². The molecule has 0 fully saturated rings. The third-order valence-corrected chi connectivity index (χ3v) is 3.31. The zero-order valence-electron chi connectivity index (χ0n) is 12.6. The number of hydrogen-bond donors (Lipinski definition) is 0. The van der Waals surface area contributed by atoms with Gasteiger partial charge in [-0.1, -0.05) is 41.9 Å². The number of aromatic nitrogens is 2. The van der Waals surface area contributed by atoms with Crippen molar-refractivity contribution < 1.29 is 4.74 Å². The third-order valence-electron chi connectivity index (χ3n) is 3.11. The van der Waals surface area contributed by atoms with Gasteiger partial charge < -0.3 is 9.64 Å². The summed E-state index contributed by atoms with van der Waals surface area (Å²) < 4.78 is 5.09. The molecule has 2 aromatic rings.